The standard InChI is InChI=1S/C10H16N.Cl2I/c1-3-4-7-11-8-5-6-10(2)9-11;1-3-2/h5-6,8-9H,3-4,7H2,1-2H3;/q+1;-1. The van der Waals surface area contributed by atoms with Gasteiger partial charge in [-0.25, -0.2) is 4.57 Å². The minimum absolute atomic E-state index is 0.466. The number of unbranched alkanes of at least 4 members (excludes halogenated alkanes) is 1. The Labute approximate surface area is 104 Å². The Kier molecular flexibility index (Phi) is 10.3. The second kappa shape index (κ2) is 9.99. The first-order valence-corrected chi connectivity index (χ1v) is 10.0. The molecule has 1 heterocycles. The van der Waals surface area contributed by atoms with Gasteiger partial charge >= 0.3 is 36.8 Å². The molecule has 0 aliphatic carbocycles. The van der Waals surface area contributed by atoms with Crippen molar-refractivity contribution in [2.45, 2.75) is 33.2 Å². The molecule has 82 valence electrons. The number of hydrogen-bond donors (Lipinski definition) is 0. The van der Waals surface area contributed by atoms with Crippen LogP contribution in [0.15, 0.2) is 24.5 Å². The molecule has 0 radical (unpaired) electrons. The van der Waals surface area contributed by atoms with Crippen molar-refractivity contribution < 1.29 is 23.5 Å². The van der Waals surface area contributed by atoms with E-state index in [-0.39, 0.29) is 0 Å². The maximum atomic E-state index is 4.87. The van der Waals surface area contributed by atoms with Gasteiger partial charge in [-0.15, -0.1) is 0 Å². The monoisotopic (exact) mass is 347 g/mol. The maximum absolute atomic E-state index is 4.87. The first-order chi connectivity index (χ1) is 6.74. The van der Waals surface area contributed by atoms with Crippen LogP contribution in [0.25, 0.3) is 0 Å². The zero-order valence-electron chi connectivity index (χ0n) is 8.51. The normalized spacial score (nSPS) is 9.43. The fourth-order valence-corrected chi connectivity index (χ4v) is 1.13. The zero-order chi connectivity index (χ0) is 10.8. The van der Waals surface area contributed by atoms with Gasteiger partial charge in [0.05, 0.1) is 0 Å². The van der Waals surface area contributed by atoms with Crippen molar-refractivity contribution in [3.05, 3.63) is 30.1 Å². The fraction of sp³-hybridized carbons (Fsp3) is 0.500. The summed E-state index contributed by atoms with van der Waals surface area (Å²) in [6.45, 7) is 5.50. The van der Waals surface area contributed by atoms with Crippen molar-refractivity contribution in [3.8, 4) is 0 Å². The number of aryl methyl sites for hydroxylation is 2. The number of rotatable bonds is 3. The van der Waals surface area contributed by atoms with Crippen LogP contribution in [0.3, 0.4) is 0 Å². The number of aromatic nitrogens is 1. The van der Waals surface area contributed by atoms with Crippen LogP contribution < -0.4 is 23.5 Å². The molecule has 0 saturated carbocycles. The van der Waals surface area contributed by atoms with E-state index in [0.29, 0.717) is 0 Å². The third kappa shape index (κ3) is 7.83. The molecule has 0 N–H and O–H groups in total. The van der Waals surface area contributed by atoms with Crippen LogP contribution in [0.1, 0.15) is 25.3 Å². The summed E-state index contributed by atoms with van der Waals surface area (Å²) in [6.07, 6.45) is 6.85. The summed E-state index contributed by atoms with van der Waals surface area (Å²) < 4.78 is 2.25. The quantitative estimate of drug-likeness (QED) is 0.552. The van der Waals surface area contributed by atoms with Crippen LogP contribution >= 0.6 is 17.8 Å². The van der Waals surface area contributed by atoms with E-state index < -0.39 is 18.9 Å². The van der Waals surface area contributed by atoms with E-state index in [1.165, 1.54) is 18.4 Å². The molecular formula is C10H16Cl2IN. The van der Waals surface area contributed by atoms with Gasteiger partial charge in [0.15, 0.2) is 12.4 Å². The SMILES string of the molecule is CCCC[n+]1cccc(C)c1.Cl[I-]Cl. The van der Waals surface area contributed by atoms with E-state index in [1.807, 2.05) is 0 Å². The van der Waals surface area contributed by atoms with Crippen LogP contribution in [0.5, 0.6) is 0 Å². The van der Waals surface area contributed by atoms with Crippen molar-refractivity contribution in [1.29, 1.82) is 0 Å². The van der Waals surface area contributed by atoms with Gasteiger partial charge < -0.3 is 0 Å². The molecular weight excluding hydrogens is 332 g/mol. The third-order valence-corrected chi connectivity index (χ3v) is 1.78. The molecule has 1 nitrogen and oxygen atoms in total. The van der Waals surface area contributed by atoms with Crippen LogP contribution in [-0.4, -0.2) is 0 Å². The summed E-state index contributed by atoms with van der Waals surface area (Å²) in [5, 5.41) is 0. The van der Waals surface area contributed by atoms with E-state index in [4.69, 9.17) is 17.8 Å². The molecule has 0 aliphatic heterocycles. The Morgan fingerprint density at radius 3 is 2.57 bits per heavy atom. The molecule has 0 aliphatic rings. The first kappa shape index (κ1) is 14.5. The van der Waals surface area contributed by atoms with Gasteiger partial charge in [0.2, 0.25) is 0 Å². The first-order valence-electron chi connectivity index (χ1n) is 4.57. The molecule has 0 unspecified atom stereocenters. The number of pyridine rings is 1. The van der Waals surface area contributed by atoms with Gasteiger partial charge in [-0.05, 0) is 13.0 Å². The molecule has 4 heteroatoms. The van der Waals surface area contributed by atoms with Crippen molar-refractivity contribution in [2.75, 3.05) is 0 Å². The van der Waals surface area contributed by atoms with Gasteiger partial charge in [-0.2, -0.15) is 0 Å². The molecule has 0 bridgehead atoms. The number of hydrogen-bond acceptors (Lipinski definition) is 0. The van der Waals surface area contributed by atoms with Gasteiger partial charge in [0.25, 0.3) is 0 Å². The van der Waals surface area contributed by atoms with Crippen LogP contribution in [0, 0.1) is 6.92 Å². The Balaban J connectivity index is 0.000000500. The number of nitrogens with zero attached hydrogens (tertiary/aromatic N) is 1. The fourth-order valence-electron chi connectivity index (χ4n) is 1.13. The molecule has 14 heavy (non-hydrogen) atoms. The Morgan fingerprint density at radius 2 is 2.07 bits per heavy atom. The molecule has 1 aromatic rings. The average Bonchev–Trinajstić information content (AvgIpc) is 2.16. The molecule has 0 fully saturated rings. The Morgan fingerprint density at radius 1 is 1.43 bits per heavy atom. The topological polar surface area (TPSA) is 3.88 Å². The van der Waals surface area contributed by atoms with E-state index in [9.17, 15) is 0 Å². The molecule has 1 aromatic heterocycles. The second-order valence-electron chi connectivity index (χ2n) is 3.03. The van der Waals surface area contributed by atoms with Crippen LogP contribution in [0.4, 0.5) is 0 Å². The van der Waals surface area contributed by atoms with Gasteiger partial charge in [0.1, 0.15) is 6.54 Å². The zero-order valence-corrected chi connectivity index (χ0v) is 12.2. The van der Waals surface area contributed by atoms with E-state index in [1.54, 1.807) is 0 Å². The molecule has 0 aromatic carbocycles. The molecule has 0 spiro atoms. The van der Waals surface area contributed by atoms with Crippen LogP contribution in [0.2, 0.25) is 0 Å². The van der Waals surface area contributed by atoms with Crippen molar-refractivity contribution in [1.82, 2.24) is 0 Å². The van der Waals surface area contributed by atoms with Crippen molar-refractivity contribution in [2.24, 2.45) is 0 Å². The molecule has 0 saturated heterocycles. The average molecular weight is 348 g/mol. The summed E-state index contributed by atoms with van der Waals surface area (Å²) >= 11 is -0.466. The summed E-state index contributed by atoms with van der Waals surface area (Å²) in [7, 11) is 9.75. The number of halogens is 3. The predicted molar refractivity (Wildman–Crippen MR) is 58.0 cm³/mol. The third-order valence-electron chi connectivity index (χ3n) is 1.78. The van der Waals surface area contributed by atoms with Gasteiger partial charge in [-0.1, -0.05) is 13.3 Å². The summed E-state index contributed by atoms with van der Waals surface area (Å²) in [6, 6.07) is 4.23. The predicted octanol–water partition coefficient (Wildman–Crippen LogP) is 0.466. The van der Waals surface area contributed by atoms with Gasteiger partial charge in [0, 0.05) is 18.1 Å². The molecule has 0 atom stereocenters. The summed E-state index contributed by atoms with van der Waals surface area (Å²) in [5.41, 5.74) is 1.34. The minimum atomic E-state index is -0.466. The van der Waals surface area contributed by atoms with Crippen LogP contribution in [-0.2, 0) is 6.54 Å². The van der Waals surface area contributed by atoms with E-state index in [2.05, 4.69) is 42.9 Å². The Hall–Kier alpha value is 0.460. The van der Waals surface area contributed by atoms with Gasteiger partial charge in [-0.3, -0.25) is 0 Å². The summed E-state index contributed by atoms with van der Waals surface area (Å²) in [4.78, 5) is 0. The second-order valence-corrected chi connectivity index (χ2v) is 6.23. The van der Waals surface area contributed by atoms with E-state index in [0.717, 1.165) is 6.54 Å². The van der Waals surface area contributed by atoms with Crippen molar-refractivity contribution >= 4 is 17.8 Å². The summed E-state index contributed by atoms with van der Waals surface area (Å²) in [5.74, 6) is 0. The molecule has 1 rings (SSSR count). The Bertz CT molecular complexity index is 243. The van der Waals surface area contributed by atoms with E-state index >= 15 is 0 Å². The van der Waals surface area contributed by atoms with Crippen molar-refractivity contribution in [3.63, 3.8) is 0 Å². The molecule has 0 amide bonds.